The van der Waals surface area contributed by atoms with Gasteiger partial charge < -0.3 is 5.11 Å². The van der Waals surface area contributed by atoms with E-state index in [1.54, 1.807) is 14.0 Å². The van der Waals surface area contributed by atoms with Crippen LogP contribution in [0, 0.1) is 18.6 Å². The molecule has 1 aromatic heterocycles. The van der Waals surface area contributed by atoms with E-state index in [0.717, 1.165) is 12.1 Å². The van der Waals surface area contributed by atoms with Crippen LogP contribution in [0.1, 0.15) is 5.69 Å². The third-order valence-electron chi connectivity index (χ3n) is 2.49. The van der Waals surface area contributed by atoms with Gasteiger partial charge in [-0.25, -0.2) is 8.78 Å². The molecule has 0 aliphatic heterocycles. The number of aromatic hydroxyl groups is 1. The number of aryl methyl sites for hydroxylation is 1. The summed E-state index contributed by atoms with van der Waals surface area (Å²) in [4.78, 5) is 0. The summed E-state index contributed by atoms with van der Waals surface area (Å²) in [6.07, 6.45) is 0. The molecular weight excluding hydrogens is 214 g/mol. The second-order valence-corrected chi connectivity index (χ2v) is 3.53. The number of hydrogen-bond acceptors (Lipinski definition) is 2. The number of rotatable bonds is 1. The zero-order valence-electron chi connectivity index (χ0n) is 8.83. The molecule has 0 radical (unpaired) electrons. The Kier molecular flexibility index (Phi) is 2.38. The van der Waals surface area contributed by atoms with Gasteiger partial charge in [0.2, 0.25) is 0 Å². The second-order valence-electron chi connectivity index (χ2n) is 3.53. The average Bonchev–Trinajstić information content (AvgIpc) is 2.46. The fraction of sp³-hybridized carbons (Fsp3) is 0.182. The summed E-state index contributed by atoms with van der Waals surface area (Å²) in [6, 6.07) is 3.15. The number of aromatic nitrogens is 2. The Hall–Kier alpha value is -1.91. The molecule has 0 amide bonds. The van der Waals surface area contributed by atoms with Crippen molar-refractivity contribution in [1.29, 1.82) is 0 Å². The molecule has 0 spiro atoms. The normalized spacial score (nSPS) is 10.8. The fourth-order valence-electron chi connectivity index (χ4n) is 1.46. The molecule has 2 aromatic rings. The Morgan fingerprint density at radius 3 is 2.50 bits per heavy atom. The lowest BCUT2D eigenvalue weighted by Crippen LogP contribution is -1.93. The van der Waals surface area contributed by atoms with E-state index in [0.29, 0.717) is 5.69 Å². The van der Waals surface area contributed by atoms with Gasteiger partial charge in [-0.3, -0.25) is 4.68 Å². The Labute approximate surface area is 91.0 Å². The van der Waals surface area contributed by atoms with Gasteiger partial charge >= 0.3 is 0 Å². The van der Waals surface area contributed by atoms with E-state index in [1.165, 1.54) is 10.7 Å². The average molecular weight is 224 g/mol. The topological polar surface area (TPSA) is 38.1 Å². The highest BCUT2D eigenvalue weighted by Gasteiger charge is 2.17. The quantitative estimate of drug-likeness (QED) is 0.807. The van der Waals surface area contributed by atoms with Crippen LogP contribution in [-0.2, 0) is 7.05 Å². The van der Waals surface area contributed by atoms with Gasteiger partial charge in [-0.2, -0.15) is 5.10 Å². The van der Waals surface area contributed by atoms with Crippen molar-refractivity contribution in [3.05, 3.63) is 35.5 Å². The van der Waals surface area contributed by atoms with Crippen LogP contribution in [-0.4, -0.2) is 14.9 Å². The first-order chi connectivity index (χ1) is 7.50. The van der Waals surface area contributed by atoms with Gasteiger partial charge in [0.25, 0.3) is 0 Å². The van der Waals surface area contributed by atoms with Gasteiger partial charge in [-0.05, 0) is 19.1 Å². The van der Waals surface area contributed by atoms with Crippen LogP contribution in [0.25, 0.3) is 11.3 Å². The molecule has 0 saturated carbocycles. The molecule has 84 valence electrons. The van der Waals surface area contributed by atoms with Crippen LogP contribution in [0.3, 0.4) is 0 Å². The van der Waals surface area contributed by atoms with E-state index >= 15 is 0 Å². The molecular formula is C11H10F2N2O. The molecule has 0 bridgehead atoms. The maximum atomic E-state index is 13.5. The van der Waals surface area contributed by atoms with Gasteiger partial charge in [0.15, 0.2) is 5.75 Å². The summed E-state index contributed by atoms with van der Waals surface area (Å²) in [7, 11) is 1.64. The highest BCUT2D eigenvalue weighted by Crippen LogP contribution is 2.32. The summed E-state index contributed by atoms with van der Waals surface area (Å²) < 4.78 is 27.6. The van der Waals surface area contributed by atoms with Gasteiger partial charge in [-0.15, -0.1) is 0 Å². The first-order valence-electron chi connectivity index (χ1n) is 4.68. The van der Waals surface area contributed by atoms with E-state index in [2.05, 4.69) is 5.10 Å². The molecule has 5 heteroatoms. The molecule has 3 nitrogen and oxygen atoms in total. The number of halogens is 2. The van der Waals surface area contributed by atoms with Crippen molar-refractivity contribution >= 4 is 0 Å². The SMILES string of the molecule is Cc1c(O)c(-c2ccc(F)cc2F)nn1C. The van der Waals surface area contributed by atoms with Crippen LogP contribution in [0.5, 0.6) is 5.75 Å². The summed E-state index contributed by atoms with van der Waals surface area (Å²) in [5.74, 6) is -1.49. The van der Waals surface area contributed by atoms with Crippen LogP contribution >= 0.6 is 0 Å². The molecule has 16 heavy (non-hydrogen) atoms. The molecule has 1 N–H and O–H groups in total. The summed E-state index contributed by atoms with van der Waals surface area (Å²) in [5.41, 5.74) is 0.735. The van der Waals surface area contributed by atoms with E-state index < -0.39 is 11.6 Å². The Morgan fingerprint density at radius 1 is 1.31 bits per heavy atom. The second kappa shape index (κ2) is 3.59. The molecule has 0 unspecified atom stereocenters. The van der Waals surface area contributed by atoms with Crippen molar-refractivity contribution in [3.8, 4) is 17.0 Å². The van der Waals surface area contributed by atoms with Crippen molar-refractivity contribution in [3.63, 3.8) is 0 Å². The fourth-order valence-corrected chi connectivity index (χ4v) is 1.46. The Bertz CT molecular complexity index is 549. The number of nitrogens with zero attached hydrogens (tertiary/aromatic N) is 2. The molecule has 0 saturated heterocycles. The minimum atomic E-state index is -0.742. The lowest BCUT2D eigenvalue weighted by Gasteiger charge is -1.99. The van der Waals surface area contributed by atoms with E-state index in [1.807, 2.05) is 0 Å². The highest BCUT2D eigenvalue weighted by molar-refractivity contribution is 5.67. The third-order valence-corrected chi connectivity index (χ3v) is 2.49. The molecule has 0 aliphatic carbocycles. The summed E-state index contributed by atoms with van der Waals surface area (Å²) in [5, 5.41) is 13.7. The van der Waals surface area contributed by atoms with Crippen molar-refractivity contribution in [2.75, 3.05) is 0 Å². The molecule has 2 rings (SSSR count). The lowest BCUT2D eigenvalue weighted by molar-refractivity contribution is 0.470. The van der Waals surface area contributed by atoms with Gasteiger partial charge in [0, 0.05) is 18.7 Å². The van der Waals surface area contributed by atoms with Crippen molar-refractivity contribution < 1.29 is 13.9 Å². The molecule has 0 atom stereocenters. The maximum absolute atomic E-state index is 13.5. The summed E-state index contributed by atoms with van der Waals surface area (Å²) in [6.45, 7) is 1.66. The smallest absolute Gasteiger partial charge is 0.164 e. The van der Waals surface area contributed by atoms with Crippen LogP contribution < -0.4 is 0 Å². The zero-order valence-corrected chi connectivity index (χ0v) is 8.83. The van der Waals surface area contributed by atoms with Crippen molar-refractivity contribution in [1.82, 2.24) is 9.78 Å². The predicted molar refractivity (Wildman–Crippen MR) is 55.0 cm³/mol. The van der Waals surface area contributed by atoms with Gasteiger partial charge in [0.1, 0.15) is 17.3 Å². The predicted octanol–water partition coefficient (Wildman–Crippen LogP) is 2.38. The van der Waals surface area contributed by atoms with E-state index in [9.17, 15) is 13.9 Å². The number of benzene rings is 1. The molecule has 1 heterocycles. The minimum Gasteiger partial charge on any atom is -0.504 e. The Morgan fingerprint density at radius 2 is 2.00 bits per heavy atom. The largest absolute Gasteiger partial charge is 0.504 e. The monoisotopic (exact) mass is 224 g/mol. The lowest BCUT2D eigenvalue weighted by atomic mass is 10.1. The van der Waals surface area contributed by atoms with Crippen LogP contribution in [0.4, 0.5) is 8.78 Å². The van der Waals surface area contributed by atoms with Crippen LogP contribution in [0.15, 0.2) is 18.2 Å². The Balaban J connectivity index is 2.63. The first-order valence-corrected chi connectivity index (χ1v) is 4.68. The van der Waals surface area contributed by atoms with E-state index in [-0.39, 0.29) is 17.0 Å². The van der Waals surface area contributed by atoms with Gasteiger partial charge in [-0.1, -0.05) is 0 Å². The minimum absolute atomic E-state index is 0.0857. The van der Waals surface area contributed by atoms with Crippen molar-refractivity contribution in [2.24, 2.45) is 7.05 Å². The molecule has 0 fully saturated rings. The van der Waals surface area contributed by atoms with E-state index in [4.69, 9.17) is 0 Å². The zero-order chi connectivity index (χ0) is 11.9. The standard InChI is InChI=1S/C11H10F2N2O/c1-6-11(16)10(14-15(6)2)8-4-3-7(12)5-9(8)13/h3-5,16H,1-2H3. The highest BCUT2D eigenvalue weighted by atomic mass is 19.1. The maximum Gasteiger partial charge on any atom is 0.164 e. The van der Waals surface area contributed by atoms with Gasteiger partial charge in [0.05, 0.1) is 5.69 Å². The number of hydrogen-bond donors (Lipinski definition) is 1. The molecule has 0 aliphatic rings. The summed E-state index contributed by atoms with van der Waals surface area (Å²) >= 11 is 0. The third kappa shape index (κ3) is 1.54. The van der Waals surface area contributed by atoms with Crippen molar-refractivity contribution in [2.45, 2.75) is 6.92 Å². The molecule has 1 aromatic carbocycles. The first kappa shape index (κ1) is 10.6. The van der Waals surface area contributed by atoms with Crippen LogP contribution in [0.2, 0.25) is 0 Å².